The molecule has 0 N–H and O–H groups in total. The number of furan rings is 1. The third kappa shape index (κ3) is 6.13. The molecule has 3 aromatic carbocycles. The lowest BCUT2D eigenvalue weighted by molar-refractivity contribution is -0.169. The van der Waals surface area contributed by atoms with E-state index in [1.165, 1.54) is 14.2 Å². The number of Topliss-reactive ketones (excluding diaryl/α,β-unsaturated/α-hetero) is 1. The molecule has 1 aliphatic rings. The average molecular weight is 623 g/mol. The highest BCUT2D eigenvalue weighted by atomic mass is 16.5. The maximum Gasteiger partial charge on any atom is 0.324 e. The molecule has 0 aliphatic heterocycles. The Morgan fingerprint density at radius 2 is 1.39 bits per heavy atom. The Balaban J connectivity index is 1.93. The van der Waals surface area contributed by atoms with Crippen LogP contribution in [0.1, 0.15) is 60.3 Å². The van der Waals surface area contributed by atoms with Crippen molar-refractivity contribution in [2.45, 2.75) is 38.7 Å². The first kappa shape index (κ1) is 32.4. The molecule has 0 amide bonds. The molecule has 1 unspecified atom stereocenters. The Morgan fingerprint density at radius 3 is 1.93 bits per heavy atom. The van der Waals surface area contributed by atoms with E-state index in [-0.39, 0.29) is 25.0 Å². The molecule has 8 nitrogen and oxygen atoms in total. The summed E-state index contributed by atoms with van der Waals surface area (Å²) in [6, 6.07) is 27.0. The Bertz CT molecular complexity index is 1720. The van der Waals surface area contributed by atoms with Gasteiger partial charge in [-0.25, -0.2) is 0 Å². The van der Waals surface area contributed by atoms with Gasteiger partial charge in [-0.15, -0.1) is 0 Å². The Kier molecular flexibility index (Phi) is 9.87. The zero-order chi connectivity index (χ0) is 32.8. The number of carbonyl (C=O) groups excluding carboxylic acids is 3. The van der Waals surface area contributed by atoms with Crippen LogP contribution in [0.15, 0.2) is 89.3 Å². The SMILES string of the molecule is COC(=O)C1(C(=O)OC)C/C(=C(/CCC(C)=O)c2ccc(OC)cc2)c2c(oc(-c3ccccc3)c2C(OC)c2ccccc2)C1. The van der Waals surface area contributed by atoms with Crippen LogP contribution in [0.2, 0.25) is 0 Å². The van der Waals surface area contributed by atoms with Crippen LogP contribution in [-0.2, 0) is 35.0 Å². The summed E-state index contributed by atoms with van der Waals surface area (Å²) in [7, 11) is 5.75. The molecule has 0 bridgehead atoms. The second-order valence-electron chi connectivity index (χ2n) is 11.3. The van der Waals surface area contributed by atoms with E-state index in [2.05, 4.69) is 0 Å². The lowest BCUT2D eigenvalue weighted by Gasteiger charge is -2.34. The van der Waals surface area contributed by atoms with Gasteiger partial charge in [-0.05, 0) is 47.8 Å². The molecule has 0 spiro atoms. The normalized spacial score (nSPS) is 15.3. The van der Waals surface area contributed by atoms with Crippen LogP contribution in [0.25, 0.3) is 22.5 Å². The van der Waals surface area contributed by atoms with Gasteiger partial charge >= 0.3 is 11.9 Å². The largest absolute Gasteiger partial charge is 0.497 e. The summed E-state index contributed by atoms with van der Waals surface area (Å²) in [6.45, 7) is 1.54. The van der Waals surface area contributed by atoms with E-state index in [0.717, 1.165) is 33.4 Å². The highest BCUT2D eigenvalue weighted by Crippen LogP contribution is 2.53. The molecule has 1 atom stereocenters. The standard InChI is InChI=1S/C38H38O8/c1-24(39)16-21-29(25-17-19-28(42-2)20-18-25)30-22-38(36(40)44-4,37(41)45-5)23-31-32(30)33(34(43-3)26-12-8-6-9-13-26)35(46-31)27-14-10-7-11-15-27/h6-15,17-20,34H,16,21-23H2,1-5H3/b30-29+. The van der Waals surface area contributed by atoms with Crippen molar-refractivity contribution < 1.29 is 37.7 Å². The molecule has 0 radical (unpaired) electrons. The minimum Gasteiger partial charge on any atom is -0.497 e. The molecule has 5 rings (SSSR count). The zero-order valence-electron chi connectivity index (χ0n) is 26.8. The fourth-order valence-electron chi connectivity index (χ4n) is 6.36. The van der Waals surface area contributed by atoms with Crippen molar-refractivity contribution in [3.63, 3.8) is 0 Å². The van der Waals surface area contributed by atoms with E-state index in [0.29, 0.717) is 29.3 Å². The van der Waals surface area contributed by atoms with Crippen molar-refractivity contribution in [2.24, 2.45) is 5.41 Å². The number of benzene rings is 3. The van der Waals surface area contributed by atoms with Crippen molar-refractivity contribution in [3.8, 4) is 17.1 Å². The van der Waals surface area contributed by atoms with Gasteiger partial charge in [0.05, 0.1) is 21.3 Å². The number of ether oxygens (including phenoxy) is 4. The van der Waals surface area contributed by atoms with Gasteiger partial charge in [-0.3, -0.25) is 9.59 Å². The van der Waals surface area contributed by atoms with Gasteiger partial charge in [0.15, 0.2) is 5.41 Å². The Hall–Kier alpha value is -4.95. The third-order valence-corrected chi connectivity index (χ3v) is 8.58. The monoisotopic (exact) mass is 622 g/mol. The smallest absolute Gasteiger partial charge is 0.324 e. The highest BCUT2D eigenvalue weighted by Gasteiger charge is 2.54. The number of ketones is 1. The van der Waals surface area contributed by atoms with Crippen LogP contribution in [0.3, 0.4) is 0 Å². The number of esters is 2. The van der Waals surface area contributed by atoms with Gasteiger partial charge in [0.1, 0.15) is 29.2 Å². The molecule has 1 aromatic heterocycles. The summed E-state index contributed by atoms with van der Waals surface area (Å²) in [6.07, 6.45) is -0.0889. The lowest BCUT2D eigenvalue weighted by atomic mass is 9.68. The van der Waals surface area contributed by atoms with Gasteiger partial charge < -0.3 is 28.2 Å². The van der Waals surface area contributed by atoms with Crippen molar-refractivity contribution >= 4 is 28.9 Å². The average Bonchev–Trinajstić information content (AvgIpc) is 3.47. The van der Waals surface area contributed by atoms with Crippen molar-refractivity contribution in [1.29, 1.82) is 0 Å². The molecular weight excluding hydrogens is 584 g/mol. The van der Waals surface area contributed by atoms with Crippen LogP contribution >= 0.6 is 0 Å². The Labute approximate surface area is 268 Å². The van der Waals surface area contributed by atoms with E-state index in [1.54, 1.807) is 21.1 Å². The number of fused-ring (bicyclic) bond motifs is 1. The number of hydrogen-bond donors (Lipinski definition) is 0. The summed E-state index contributed by atoms with van der Waals surface area (Å²) in [5.74, 6) is 0.206. The van der Waals surface area contributed by atoms with Gasteiger partial charge in [-0.2, -0.15) is 0 Å². The van der Waals surface area contributed by atoms with Gasteiger partial charge in [0, 0.05) is 43.1 Å². The van der Waals surface area contributed by atoms with Gasteiger partial charge in [-0.1, -0.05) is 72.8 Å². The number of carbonyl (C=O) groups is 3. The molecule has 0 saturated carbocycles. The lowest BCUT2D eigenvalue weighted by Crippen LogP contribution is -2.45. The highest BCUT2D eigenvalue weighted by molar-refractivity contribution is 6.06. The summed E-state index contributed by atoms with van der Waals surface area (Å²) in [5.41, 5.74) is 3.78. The van der Waals surface area contributed by atoms with E-state index in [9.17, 15) is 14.4 Å². The van der Waals surface area contributed by atoms with E-state index < -0.39 is 23.5 Å². The Morgan fingerprint density at radius 1 is 0.783 bits per heavy atom. The van der Waals surface area contributed by atoms with Crippen LogP contribution in [-0.4, -0.2) is 46.2 Å². The van der Waals surface area contributed by atoms with Crippen LogP contribution in [0, 0.1) is 5.41 Å². The molecule has 0 fully saturated rings. The third-order valence-electron chi connectivity index (χ3n) is 8.58. The van der Waals surface area contributed by atoms with E-state index in [4.69, 9.17) is 23.4 Å². The minimum atomic E-state index is -1.72. The second-order valence-corrected chi connectivity index (χ2v) is 11.3. The molecule has 4 aromatic rings. The molecule has 1 heterocycles. The molecule has 1 aliphatic carbocycles. The van der Waals surface area contributed by atoms with Crippen molar-refractivity contribution in [2.75, 3.05) is 28.4 Å². The molecule has 238 valence electrons. The van der Waals surface area contributed by atoms with Gasteiger partial charge in [0.25, 0.3) is 0 Å². The summed E-state index contributed by atoms with van der Waals surface area (Å²) >= 11 is 0. The van der Waals surface area contributed by atoms with E-state index >= 15 is 0 Å². The predicted molar refractivity (Wildman–Crippen MR) is 174 cm³/mol. The number of allylic oxidation sites excluding steroid dienone is 2. The number of rotatable bonds is 11. The van der Waals surface area contributed by atoms with Crippen LogP contribution in [0.5, 0.6) is 5.75 Å². The van der Waals surface area contributed by atoms with Crippen molar-refractivity contribution in [1.82, 2.24) is 0 Å². The maximum atomic E-state index is 13.6. The topological polar surface area (TPSA) is 101 Å². The predicted octanol–water partition coefficient (Wildman–Crippen LogP) is 7.25. The minimum absolute atomic E-state index is 0.00582. The van der Waals surface area contributed by atoms with Crippen LogP contribution < -0.4 is 4.74 Å². The summed E-state index contributed by atoms with van der Waals surface area (Å²) in [4.78, 5) is 39.7. The zero-order valence-corrected chi connectivity index (χ0v) is 26.8. The fourth-order valence-corrected chi connectivity index (χ4v) is 6.36. The summed E-state index contributed by atoms with van der Waals surface area (Å²) in [5, 5.41) is 0. The quantitative estimate of drug-likeness (QED) is 0.127. The fraction of sp³-hybridized carbons (Fsp3) is 0.289. The number of hydrogen-bond acceptors (Lipinski definition) is 8. The molecule has 46 heavy (non-hydrogen) atoms. The molecule has 8 heteroatoms. The summed E-state index contributed by atoms with van der Waals surface area (Å²) < 4.78 is 28.9. The molecule has 0 saturated heterocycles. The van der Waals surface area contributed by atoms with Crippen LogP contribution in [0.4, 0.5) is 0 Å². The van der Waals surface area contributed by atoms with Gasteiger partial charge in [0.2, 0.25) is 0 Å². The maximum absolute atomic E-state index is 13.6. The first-order valence-electron chi connectivity index (χ1n) is 15.1. The first-order valence-corrected chi connectivity index (χ1v) is 15.1. The number of methoxy groups -OCH3 is 4. The first-order chi connectivity index (χ1) is 22.3. The van der Waals surface area contributed by atoms with E-state index in [1.807, 2.05) is 84.9 Å². The second kappa shape index (κ2) is 14.0. The van der Waals surface area contributed by atoms with Crippen molar-refractivity contribution in [3.05, 3.63) is 113 Å². The molecular formula is C38H38O8.